The topological polar surface area (TPSA) is 50.7 Å². The Morgan fingerprint density at radius 2 is 1.90 bits per heavy atom. The van der Waals surface area contributed by atoms with Crippen molar-refractivity contribution in [1.29, 1.82) is 0 Å². The lowest BCUT2D eigenvalue weighted by Crippen LogP contribution is -2.20. The number of aliphatic hydroxyl groups excluding tert-OH is 1. The molecular weight excluding hydrogens is 274 g/mol. The van der Waals surface area contributed by atoms with E-state index in [-0.39, 0.29) is 0 Å². The molecule has 1 unspecified atom stereocenters. The van der Waals surface area contributed by atoms with Gasteiger partial charge in [-0.3, -0.25) is 0 Å². The van der Waals surface area contributed by atoms with E-state index in [0.29, 0.717) is 13.1 Å². The molecule has 20 heavy (non-hydrogen) atoms. The molecule has 0 fully saturated rings. The molecule has 0 aliphatic heterocycles. The number of hydrogen-bond acceptors (Lipinski definition) is 5. The van der Waals surface area contributed by atoms with Crippen LogP contribution in [0.2, 0.25) is 0 Å². The Morgan fingerprint density at radius 3 is 2.45 bits per heavy atom. The van der Waals surface area contributed by atoms with E-state index in [4.69, 9.17) is 9.47 Å². The van der Waals surface area contributed by atoms with Gasteiger partial charge in [0.05, 0.1) is 20.3 Å². The molecule has 0 radical (unpaired) electrons. The highest BCUT2D eigenvalue weighted by molar-refractivity contribution is 7.07. The molecule has 2 aromatic rings. The summed E-state index contributed by atoms with van der Waals surface area (Å²) in [6, 6.07) is 7.67. The van der Waals surface area contributed by atoms with E-state index in [0.717, 1.165) is 22.6 Å². The van der Waals surface area contributed by atoms with Gasteiger partial charge >= 0.3 is 0 Å². The summed E-state index contributed by atoms with van der Waals surface area (Å²) in [6.07, 6.45) is -0.478. The van der Waals surface area contributed by atoms with Crippen LogP contribution in [-0.2, 0) is 6.54 Å². The van der Waals surface area contributed by atoms with Crippen molar-refractivity contribution in [3.05, 3.63) is 46.2 Å². The highest BCUT2D eigenvalue weighted by Gasteiger charge is 2.07. The maximum atomic E-state index is 9.98. The number of aliphatic hydroxyl groups is 1. The summed E-state index contributed by atoms with van der Waals surface area (Å²) in [5, 5.41) is 17.1. The lowest BCUT2D eigenvalue weighted by Gasteiger charge is -2.12. The van der Waals surface area contributed by atoms with Gasteiger partial charge in [-0.15, -0.1) is 0 Å². The molecule has 0 amide bonds. The minimum atomic E-state index is -0.478. The maximum Gasteiger partial charge on any atom is 0.122 e. The van der Waals surface area contributed by atoms with Crippen molar-refractivity contribution in [1.82, 2.24) is 5.32 Å². The lowest BCUT2D eigenvalue weighted by molar-refractivity contribution is 0.175. The van der Waals surface area contributed by atoms with Crippen molar-refractivity contribution in [3.63, 3.8) is 0 Å². The van der Waals surface area contributed by atoms with Gasteiger partial charge in [0.2, 0.25) is 0 Å². The van der Waals surface area contributed by atoms with Gasteiger partial charge in [0, 0.05) is 19.2 Å². The summed E-state index contributed by atoms with van der Waals surface area (Å²) in [6.45, 7) is 1.16. The molecule has 2 rings (SSSR count). The Morgan fingerprint density at radius 1 is 1.20 bits per heavy atom. The standard InChI is InChI=1S/C15H19NO3S/c1-18-13-5-11(6-14(7-13)19-2)8-16-9-15(17)12-3-4-20-10-12/h3-7,10,15-17H,8-9H2,1-2H3. The molecular formula is C15H19NO3S. The lowest BCUT2D eigenvalue weighted by atomic mass is 10.1. The predicted molar refractivity (Wildman–Crippen MR) is 80.5 cm³/mol. The summed E-state index contributed by atoms with van der Waals surface area (Å²) in [4.78, 5) is 0. The molecule has 5 heteroatoms. The fourth-order valence-corrected chi connectivity index (χ4v) is 2.61. The number of benzene rings is 1. The molecule has 1 aromatic heterocycles. The summed E-state index contributed by atoms with van der Waals surface area (Å²) >= 11 is 1.59. The van der Waals surface area contributed by atoms with Gasteiger partial charge in [0.15, 0.2) is 0 Å². The first-order valence-corrected chi connectivity index (χ1v) is 7.30. The summed E-state index contributed by atoms with van der Waals surface area (Å²) < 4.78 is 10.5. The largest absolute Gasteiger partial charge is 0.497 e. The Bertz CT molecular complexity index is 506. The molecule has 0 aliphatic rings. The second kappa shape index (κ2) is 7.28. The molecule has 0 saturated heterocycles. The highest BCUT2D eigenvalue weighted by Crippen LogP contribution is 2.22. The minimum absolute atomic E-state index is 0.478. The van der Waals surface area contributed by atoms with E-state index in [2.05, 4.69) is 5.32 Å². The van der Waals surface area contributed by atoms with E-state index in [1.165, 1.54) is 0 Å². The normalized spacial score (nSPS) is 12.2. The minimum Gasteiger partial charge on any atom is -0.497 e. The smallest absolute Gasteiger partial charge is 0.122 e. The van der Waals surface area contributed by atoms with E-state index in [1.807, 2.05) is 35.0 Å². The number of nitrogens with one attached hydrogen (secondary N) is 1. The van der Waals surface area contributed by atoms with Crippen LogP contribution in [0, 0.1) is 0 Å². The average Bonchev–Trinajstić information content (AvgIpc) is 3.01. The Balaban J connectivity index is 1.90. The Kier molecular flexibility index (Phi) is 5.40. The number of methoxy groups -OCH3 is 2. The Labute approximate surface area is 123 Å². The molecule has 108 valence electrons. The van der Waals surface area contributed by atoms with Crippen LogP contribution in [0.1, 0.15) is 17.2 Å². The van der Waals surface area contributed by atoms with Crippen molar-refractivity contribution in [2.24, 2.45) is 0 Å². The zero-order valence-corrected chi connectivity index (χ0v) is 12.4. The van der Waals surface area contributed by atoms with Crippen molar-refractivity contribution in [3.8, 4) is 11.5 Å². The van der Waals surface area contributed by atoms with Gasteiger partial charge in [-0.05, 0) is 40.1 Å². The molecule has 0 aliphatic carbocycles. The number of hydrogen-bond donors (Lipinski definition) is 2. The Hall–Kier alpha value is -1.56. The molecule has 1 aromatic carbocycles. The second-order valence-electron chi connectivity index (χ2n) is 4.42. The molecule has 0 saturated carbocycles. The maximum absolute atomic E-state index is 9.98. The fourth-order valence-electron chi connectivity index (χ4n) is 1.90. The van der Waals surface area contributed by atoms with Crippen LogP contribution in [0.3, 0.4) is 0 Å². The number of thiophene rings is 1. The van der Waals surface area contributed by atoms with E-state index < -0.39 is 6.10 Å². The van der Waals surface area contributed by atoms with Gasteiger partial charge in [-0.25, -0.2) is 0 Å². The third-order valence-corrected chi connectivity index (χ3v) is 3.71. The molecule has 1 heterocycles. The first-order chi connectivity index (χ1) is 9.72. The van der Waals surface area contributed by atoms with Crippen molar-refractivity contribution in [2.45, 2.75) is 12.6 Å². The fraction of sp³-hybridized carbons (Fsp3) is 0.333. The quantitative estimate of drug-likeness (QED) is 0.824. The van der Waals surface area contributed by atoms with Crippen LogP contribution in [0.15, 0.2) is 35.0 Å². The van der Waals surface area contributed by atoms with Crippen LogP contribution >= 0.6 is 11.3 Å². The third kappa shape index (κ3) is 3.96. The van der Waals surface area contributed by atoms with Gasteiger partial charge in [0.25, 0.3) is 0 Å². The van der Waals surface area contributed by atoms with Crippen molar-refractivity contribution < 1.29 is 14.6 Å². The first kappa shape index (κ1) is 14.8. The van der Waals surface area contributed by atoms with Crippen LogP contribution in [0.4, 0.5) is 0 Å². The summed E-state index contributed by atoms with van der Waals surface area (Å²) in [5.41, 5.74) is 2.00. The van der Waals surface area contributed by atoms with Crippen LogP contribution in [0.5, 0.6) is 11.5 Å². The SMILES string of the molecule is COc1cc(CNCC(O)c2ccsc2)cc(OC)c1. The van der Waals surface area contributed by atoms with Crippen LogP contribution < -0.4 is 14.8 Å². The monoisotopic (exact) mass is 293 g/mol. The molecule has 0 spiro atoms. The molecule has 1 atom stereocenters. The molecule has 2 N–H and O–H groups in total. The zero-order valence-electron chi connectivity index (χ0n) is 11.6. The van der Waals surface area contributed by atoms with Gasteiger partial charge < -0.3 is 19.9 Å². The van der Waals surface area contributed by atoms with E-state index in [1.54, 1.807) is 25.6 Å². The van der Waals surface area contributed by atoms with E-state index in [9.17, 15) is 5.11 Å². The van der Waals surface area contributed by atoms with E-state index >= 15 is 0 Å². The van der Waals surface area contributed by atoms with Gasteiger partial charge in [-0.2, -0.15) is 11.3 Å². The third-order valence-electron chi connectivity index (χ3n) is 3.01. The molecule has 0 bridgehead atoms. The summed E-state index contributed by atoms with van der Waals surface area (Å²) in [5.74, 6) is 1.53. The van der Waals surface area contributed by atoms with Crippen LogP contribution in [-0.4, -0.2) is 25.9 Å². The number of ether oxygens (including phenoxy) is 2. The van der Waals surface area contributed by atoms with Gasteiger partial charge in [0.1, 0.15) is 11.5 Å². The van der Waals surface area contributed by atoms with Gasteiger partial charge in [-0.1, -0.05) is 0 Å². The summed E-state index contributed by atoms with van der Waals surface area (Å²) in [7, 11) is 3.26. The highest BCUT2D eigenvalue weighted by atomic mass is 32.1. The zero-order chi connectivity index (χ0) is 14.4. The first-order valence-electron chi connectivity index (χ1n) is 6.35. The van der Waals surface area contributed by atoms with Crippen LogP contribution in [0.25, 0.3) is 0 Å². The molecule has 4 nitrogen and oxygen atoms in total. The second-order valence-corrected chi connectivity index (χ2v) is 5.20. The van der Waals surface area contributed by atoms with Crippen molar-refractivity contribution >= 4 is 11.3 Å². The van der Waals surface area contributed by atoms with Crippen molar-refractivity contribution in [2.75, 3.05) is 20.8 Å². The predicted octanol–water partition coefficient (Wildman–Crippen LogP) is 2.59. The average molecular weight is 293 g/mol. The number of rotatable bonds is 7.